The number of ether oxygens (including phenoxy) is 1. The second-order valence-corrected chi connectivity index (χ2v) is 6.42. The first-order chi connectivity index (χ1) is 13.0. The van der Waals surface area contributed by atoms with Crippen molar-refractivity contribution in [1.29, 1.82) is 0 Å². The molecule has 3 aromatic rings. The molecule has 0 saturated heterocycles. The van der Waals surface area contributed by atoms with Gasteiger partial charge in [-0.15, -0.1) is 11.3 Å². The van der Waals surface area contributed by atoms with Crippen LogP contribution >= 0.6 is 11.3 Å². The van der Waals surface area contributed by atoms with E-state index in [0.29, 0.717) is 11.6 Å². The van der Waals surface area contributed by atoms with Crippen molar-refractivity contribution in [2.24, 2.45) is 0 Å². The van der Waals surface area contributed by atoms with Crippen molar-refractivity contribution in [2.75, 3.05) is 6.54 Å². The monoisotopic (exact) mass is 392 g/mol. The zero-order chi connectivity index (χ0) is 19.4. The first kappa shape index (κ1) is 18.9. The molecule has 1 heterocycles. The lowest BCUT2D eigenvalue weighted by atomic mass is 10.2. The number of benzene rings is 2. The lowest BCUT2D eigenvalue weighted by Gasteiger charge is -2.08. The van der Waals surface area contributed by atoms with Gasteiger partial charge in [-0.25, -0.2) is 18.2 Å². The highest BCUT2D eigenvalue weighted by molar-refractivity contribution is 7.13. The summed E-state index contributed by atoms with van der Waals surface area (Å²) in [4.78, 5) is 15.9. The largest absolute Gasteiger partial charge is 0.489 e. The first-order valence-electron chi connectivity index (χ1n) is 8.08. The lowest BCUT2D eigenvalue weighted by Crippen LogP contribution is -2.22. The van der Waals surface area contributed by atoms with Gasteiger partial charge in [0.2, 0.25) is 0 Å². The van der Waals surface area contributed by atoms with Gasteiger partial charge in [0.1, 0.15) is 40.5 Å². The van der Waals surface area contributed by atoms with E-state index in [-0.39, 0.29) is 35.1 Å². The third kappa shape index (κ3) is 4.46. The minimum atomic E-state index is -0.603. The van der Waals surface area contributed by atoms with Crippen LogP contribution in [0.1, 0.15) is 23.0 Å². The predicted molar refractivity (Wildman–Crippen MR) is 96.2 cm³/mol. The highest BCUT2D eigenvalue weighted by Gasteiger charge is 2.15. The molecule has 3 rings (SSSR count). The SMILES string of the molecule is CCNC(=O)c1csc(-c2ccc(OCc3cc(F)ccc3F)cc2F)n1. The molecule has 1 aromatic heterocycles. The topological polar surface area (TPSA) is 51.2 Å². The van der Waals surface area contributed by atoms with E-state index in [2.05, 4.69) is 10.3 Å². The van der Waals surface area contributed by atoms with E-state index in [0.717, 1.165) is 35.6 Å². The summed E-state index contributed by atoms with van der Waals surface area (Å²) in [5.74, 6) is -1.93. The van der Waals surface area contributed by atoms with Gasteiger partial charge in [-0.3, -0.25) is 4.79 Å². The van der Waals surface area contributed by atoms with E-state index >= 15 is 0 Å². The van der Waals surface area contributed by atoms with Crippen molar-refractivity contribution in [2.45, 2.75) is 13.5 Å². The number of amides is 1. The van der Waals surface area contributed by atoms with E-state index in [9.17, 15) is 18.0 Å². The zero-order valence-corrected chi connectivity index (χ0v) is 15.1. The molecule has 4 nitrogen and oxygen atoms in total. The number of rotatable bonds is 6. The lowest BCUT2D eigenvalue weighted by molar-refractivity contribution is 0.0951. The van der Waals surface area contributed by atoms with E-state index in [1.807, 2.05) is 0 Å². The third-order valence-electron chi connectivity index (χ3n) is 3.65. The van der Waals surface area contributed by atoms with Crippen LogP contribution in [-0.2, 0) is 6.61 Å². The number of aromatic nitrogens is 1. The van der Waals surface area contributed by atoms with Crippen molar-refractivity contribution < 1.29 is 22.7 Å². The molecule has 1 N–H and O–H groups in total. The summed E-state index contributed by atoms with van der Waals surface area (Å²) >= 11 is 1.15. The van der Waals surface area contributed by atoms with Gasteiger partial charge in [0.15, 0.2) is 0 Å². The number of halogens is 3. The summed E-state index contributed by atoms with van der Waals surface area (Å²) in [6, 6.07) is 7.15. The van der Waals surface area contributed by atoms with Gasteiger partial charge < -0.3 is 10.1 Å². The van der Waals surface area contributed by atoms with Crippen molar-refractivity contribution in [3.63, 3.8) is 0 Å². The van der Waals surface area contributed by atoms with Crippen LogP contribution in [0.5, 0.6) is 5.75 Å². The second kappa shape index (κ2) is 8.22. The van der Waals surface area contributed by atoms with Crippen LogP contribution in [0.2, 0.25) is 0 Å². The molecule has 0 aliphatic carbocycles. The van der Waals surface area contributed by atoms with Crippen molar-refractivity contribution in [1.82, 2.24) is 10.3 Å². The average Bonchev–Trinajstić information content (AvgIpc) is 3.13. The van der Waals surface area contributed by atoms with Crippen LogP contribution < -0.4 is 10.1 Å². The van der Waals surface area contributed by atoms with Crippen LogP contribution in [0, 0.1) is 17.5 Å². The number of carbonyl (C=O) groups is 1. The Morgan fingerprint density at radius 1 is 1.15 bits per heavy atom. The molecule has 0 aliphatic rings. The molecule has 0 aliphatic heterocycles. The number of thiazole rings is 1. The summed E-state index contributed by atoms with van der Waals surface area (Å²) < 4.78 is 46.5. The third-order valence-corrected chi connectivity index (χ3v) is 4.52. The number of nitrogens with zero attached hydrogens (tertiary/aromatic N) is 1. The van der Waals surface area contributed by atoms with Gasteiger partial charge in [-0.1, -0.05) is 0 Å². The molecule has 0 atom stereocenters. The Morgan fingerprint density at radius 3 is 2.70 bits per heavy atom. The molecular formula is C19H15F3N2O2S. The summed E-state index contributed by atoms with van der Waals surface area (Å²) in [6.45, 7) is 2.03. The highest BCUT2D eigenvalue weighted by Crippen LogP contribution is 2.29. The Kier molecular flexibility index (Phi) is 5.75. The van der Waals surface area contributed by atoms with Crippen LogP contribution in [0.4, 0.5) is 13.2 Å². The zero-order valence-electron chi connectivity index (χ0n) is 14.3. The molecule has 1 amide bonds. The number of carbonyl (C=O) groups excluding carboxylic acids is 1. The summed E-state index contributed by atoms with van der Waals surface area (Å²) in [7, 11) is 0. The van der Waals surface area contributed by atoms with Crippen LogP contribution in [-0.4, -0.2) is 17.4 Å². The van der Waals surface area contributed by atoms with Crippen LogP contribution in [0.25, 0.3) is 10.6 Å². The molecule has 27 heavy (non-hydrogen) atoms. The molecule has 0 saturated carbocycles. The molecule has 8 heteroatoms. The summed E-state index contributed by atoms with van der Waals surface area (Å²) in [5, 5.41) is 4.54. The minimum absolute atomic E-state index is 0.0333. The summed E-state index contributed by atoms with van der Waals surface area (Å²) in [5.41, 5.74) is 0.476. The van der Waals surface area contributed by atoms with Gasteiger partial charge in [0.05, 0.1) is 0 Å². The van der Waals surface area contributed by atoms with E-state index in [1.165, 1.54) is 12.1 Å². The molecule has 0 spiro atoms. The Hall–Kier alpha value is -2.87. The van der Waals surface area contributed by atoms with Gasteiger partial charge in [-0.05, 0) is 37.3 Å². The Bertz CT molecular complexity index is 975. The maximum absolute atomic E-state index is 14.4. The Labute approximate surface area is 157 Å². The number of nitrogens with one attached hydrogen (secondary N) is 1. The van der Waals surface area contributed by atoms with Crippen LogP contribution in [0.3, 0.4) is 0 Å². The minimum Gasteiger partial charge on any atom is -0.489 e. The van der Waals surface area contributed by atoms with Crippen molar-refractivity contribution in [3.8, 4) is 16.3 Å². The fourth-order valence-corrected chi connectivity index (χ4v) is 3.15. The van der Waals surface area contributed by atoms with E-state index in [4.69, 9.17) is 4.74 Å². The van der Waals surface area contributed by atoms with Crippen LogP contribution in [0.15, 0.2) is 41.8 Å². The fraction of sp³-hybridized carbons (Fsp3) is 0.158. The second-order valence-electron chi connectivity index (χ2n) is 5.56. The number of hydrogen-bond donors (Lipinski definition) is 1. The van der Waals surface area contributed by atoms with Gasteiger partial charge in [-0.2, -0.15) is 0 Å². The van der Waals surface area contributed by atoms with Crippen molar-refractivity contribution in [3.05, 3.63) is 70.5 Å². The molecule has 140 valence electrons. The molecule has 0 radical (unpaired) electrons. The number of hydrogen-bond acceptors (Lipinski definition) is 4. The summed E-state index contributed by atoms with van der Waals surface area (Å²) in [6.07, 6.45) is 0. The van der Waals surface area contributed by atoms with Gasteiger partial charge >= 0.3 is 0 Å². The normalized spacial score (nSPS) is 10.7. The standard InChI is InChI=1S/C19H15F3N2O2S/c1-2-23-18(25)17-10-27-19(24-17)14-5-4-13(8-16(14)22)26-9-11-7-12(20)3-6-15(11)21/h3-8,10H,2,9H2,1H3,(H,23,25). The Balaban J connectivity index is 1.74. The quantitative estimate of drug-likeness (QED) is 0.669. The molecule has 2 aromatic carbocycles. The van der Waals surface area contributed by atoms with Gasteiger partial charge in [0, 0.05) is 29.1 Å². The maximum atomic E-state index is 14.4. The fourth-order valence-electron chi connectivity index (χ4n) is 2.33. The smallest absolute Gasteiger partial charge is 0.270 e. The van der Waals surface area contributed by atoms with Gasteiger partial charge in [0.25, 0.3) is 5.91 Å². The predicted octanol–water partition coefficient (Wildman–Crippen LogP) is 4.56. The maximum Gasteiger partial charge on any atom is 0.270 e. The van der Waals surface area contributed by atoms with E-state index < -0.39 is 17.5 Å². The molecule has 0 bridgehead atoms. The average molecular weight is 392 g/mol. The molecule has 0 fully saturated rings. The first-order valence-corrected chi connectivity index (χ1v) is 8.96. The highest BCUT2D eigenvalue weighted by atomic mass is 32.1. The van der Waals surface area contributed by atoms with E-state index in [1.54, 1.807) is 12.3 Å². The van der Waals surface area contributed by atoms with Crippen molar-refractivity contribution >= 4 is 17.2 Å². The molecule has 0 unspecified atom stereocenters. The Morgan fingerprint density at radius 2 is 1.96 bits per heavy atom. The molecular weight excluding hydrogens is 377 g/mol.